The van der Waals surface area contributed by atoms with E-state index in [4.69, 9.17) is 0 Å². The van der Waals surface area contributed by atoms with Gasteiger partial charge in [0.05, 0.1) is 0 Å². The fraction of sp³-hybridized carbons (Fsp3) is 1.00. The van der Waals surface area contributed by atoms with Crippen molar-refractivity contribution in [2.45, 2.75) is 17.9 Å². The molecule has 5 heteroatoms. The average Bonchev–Trinajstić information content (AvgIpc) is 1.69. The van der Waals surface area contributed by atoms with Crippen molar-refractivity contribution in [2.24, 2.45) is 0 Å². The maximum Gasteiger partial charge on any atom is 0.153 e. The van der Waals surface area contributed by atoms with Gasteiger partial charge in [0.25, 0.3) is 0 Å². The van der Waals surface area contributed by atoms with Gasteiger partial charge < -0.3 is 0 Å². The number of thiol groups is 2. The Hall–Kier alpha value is 0.650. The van der Waals surface area contributed by atoms with Gasteiger partial charge in [0.1, 0.15) is 4.58 Å². The first-order valence-corrected chi connectivity index (χ1v) is 5.34. The van der Waals surface area contributed by atoms with Gasteiger partial charge in [0.2, 0.25) is 0 Å². The second-order valence-electron chi connectivity index (χ2n) is 1.25. The van der Waals surface area contributed by atoms with E-state index >= 15 is 0 Å². The minimum Gasteiger partial charge on any atom is -0.231 e. The van der Waals surface area contributed by atoms with Crippen molar-refractivity contribution in [3.8, 4) is 0 Å². The molecule has 1 atom stereocenters. The summed E-state index contributed by atoms with van der Waals surface area (Å²) in [5.41, 5.74) is 0. The molecule has 0 saturated carbocycles. The predicted octanol–water partition coefficient (Wildman–Crippen LogP) is 0.912. The third kappa shape index (κ3) is 2.84. The van der Waals surface area contributed by atoms with Gasteiger partial charge in [-0.1, -0.05) is 17.7 Å². The average molecular weight is 172 g/mol. The normalized spacial score (nSPS) is 14.4. The molecule has 8 heavy (non-hydrogen) atoms. The lowest BCUT2D eigenvalue weighted by Crippen LogP contribution is -1.98. The summed E-state index contributed by atoms with van der Waals surface area (Å²) in [7, 11) is -1.20. The van der Waals surface area contributed by atoms with E-state index in [1.807, 2.05) is 6.92 Å². The zero-order chi connectivity index (χ0) is 6.57. The summed E-state index contributed by atoms with van der Waals surface area (Å²) in [4.78, 5) is 0. The van der Waals surface area contributed by atoms with Gasteiger partial charge in [-0.05, 0) is 6.42 Å². The van der Waals surface area contributed by atoms with Crippen molar-refractivity contribution < 1.29 is 8.42 Å². The van der Waals surface area contributed by atoms with Crippen LogP contribution in [0, 0.1) is 0 Å². The fourth-order valence-electron chi connectivity index (χ4n) is 0.262. The largest absolute Gasteiger partial charge is 0.231 e. The van der Waals surface area contributed by atoms with Crippen LogP contribution in [0.4, 0.5) is 0 Å². The smallest absolute Gasteiger partial charge is 0.153 e. The van der Waals surface area contributed by atoms with Crippen molar-refractivity contribution in [3.05, 3.63) is 0 Å². The molecule has 0 saturated heterocycles. The van der Waals surface area contributed by atoms with Crippen LogP contribution in [0.2, 0.25) is 0 Å². The molecule has 2 nitrogen and oxygen atoms in total. The van der Waals surface area contributed by atoms with Crippen molar-refractivity contribution in [1.29, 1.82) is 0 Å². The molecule has 0 N–H and O–H groups in total. The number of hydrogen-bond acceptors (Lipinski definition) is 4. The van der Waals surface area contributed by atoms with E-state index < -0.39 is 10.7 Å². The van der Waals surface area contributed by atoms with Gasteiger partial charge in [0.15, 0.2) is 10.7 Å². The number of rotatable bonds is 3. The number of hydrogen-bond donors (Lipinski definition) is 2. The highest BCUT2D eigenvalue weighted by molar-refractivity contribution is 8.70. The van der Waals surface area contributed by atoms with Crippen LogP contribution in [0.1, 0.15) is 13.3 Å². The lowest BCUT2D eigenvalue weighted by Gasteiger charge is -1.97. The van der Waals surface area contributed by atoms with Crippen LogP contribution in [-0.2, 0) is 10.7 Å². The van der Waals surface area contributed by atoms with E-state index in [0.717, 1.165) is 10.8 Å². The molecule has 50 valence electrons. The monoisotopic (exact) mass is 172 g/mol. The molecule has 0 aromatic carbocycles. The Labute approximate surface area is 59.8 Å². The summed E-state index contributed by atoms with van der Waals surface area (Å²) < 4.78 is 19.9. The first kappa shape index (κ1) is 8.65. The molecule has 0 amide bonds. The van der Waals surface area contributed by atoms with Crippen LogP contribution in [0.3, 0.4) is 0 Å². The zero-order valence-electron chi connectivity index (χ0n) is 4.40. The molecule has 0 heterocycles. The molecule has 0 aliphatic rings. The predicted molar refractivity (Wildman–Crippen MR) is 41.0 cm³/mol. The lowest BCUT2D eigenvalue weighted by atomic mass is 10.6. The van der Waals surface area contributed by atoms with Crippen LogP contribution in [-0.4, -0.2) is 13.0 Å². The molecule has 0 radical (unpaired) electrons. The third-order valence-electron chi connectivity index (χ3n) is 0.706. The van der Waals surface area contributed by atoms with Crippen molar-refractivity contribution in [1.82, 2.24) is 0 Å². The van der Waals surface area contributed by atoms with E-state index in [1.165, 1.54) is 0 Å². The third-order valence-corrected chi connectivity index (χ3v) is 4.21. The molecule has 0 rings (SSSR count). The fourth-order valence-corrected chi connectivity index (χ4v) is 2.16. The highest BCUT2D eigenvalue weighted by Crippen LogP contribution is 2.17. The van der Waals surface area contributed by atoms with E-state index in [0.29, 0.717) is 6.42 Å². The highest BCUT2D eigenvalue weighted by Gasteiger charge is 2.04. The van der Waals surface area contributed by atoms with Gasteiger partial charge in [-0.25, -0.2) is 8.42 Å². The maximum absolute atomic E-state index is 10.1. The summed E-state index contributed by atoms with van der Waals surface area (Å²) in [6, 6.07) is 0. The molecule has 1 unspecified atom stereocenters. The van der Waals surface area contributed by atoms with Gasteiger partial charge in [-0.3, -0.25) is 0 Å². The molecular formula is C3H8O2S3. The van der Waals surface area contributed by atoms with Crippen molar-refractivity contribution >= 4 is 33.2 Å². The Bertz CT molecular complexity index is 108. The second kappa shape index (κ2) is 4.52. The molecule has 0 bridgehead atoms. The van der Waals surface area contributed by atoms with Crippen LogP contribution in [0.5, 0.6) is 0 Å². The standard InChI is InChI=1S/C3H8O2S3/c1-2-3(7-6)8(4)5/h3,6,8H,2H2,1H3. The van der Waals surface area contributed by atoms with Gasteiger partial charge >= 0.3 is 0 Å². The summed E-state index contributed by atoms with van der Waals surface area (Å²) in [6.07, 6.45) is 0.632. The van der Waals surface area contributed by atoms with E-state index in [-0.39, 0.29) is 4.58 Å². The first-order chi connectivity index (χ1) is 3.72. The van der Waals surface area contributed by atoms with Crippen molar-refractivity contribution in [2.75, 3.05) is 0 Å². The second-order valence-corrected chi connectivity index (χ2v) is 4.21. The lowest BCUT2D eigenvalue weighted by molar-refractivity contribution is 0.611. The SMILES string of the molecule is CCC(SS)[SH](=O)=O. The minimum absolute atomic E-state index is 0.312. The maximum atomic E-state index is 10.1. The van der Waals surface area contributed by atoms with Gasteiger partial charge in [-0.15, -0.1) is 11.7 Å². The topological polar surface area (TPSA) is 34.1 Å². The van der Waals surface area contributed by atoms with E-state index in [9.17, 15) is 8.42 Å². The summed E-state index contributed by atoms with van der Waals surface area (Å²) in [5, 5.41) is 0. The van der Waals surface area contributed by atoms with Crippen LogP contribution >= 0.6 is 22.5 Å². The molecule has 0 aliphatic carbocycles. The van der Waals surface area contributed by atoms with Gasteiger partial charge in [0, 0.05) is 0 Å². The first-order valence-electron chi connectivity index (χ1n) is 2.16. The Morgan fingerprint density at radius 3 is 2.25 bits per heavy atom. The summed E-state index contributed by atoms with van der Waals surface area (Å²) in [6.45, 7) is 1.82. The summed E-state index contributed by atoms with van der Waals surface area (Å²) in [5.74, 6) is 0. The Morgan fingerprint density at radius 1 is 1.75 bits per heavy atom. The Morgan fingerprint density at radius 2 is 2.25 bits per heavy atom. The van der Waals surface area contributed by atoms with E-state index in [1.54, 1.807) is 0 Å². The molecular weight excluding hydrogens is 164 g/mol. The molecule has 0 fully saturated rings. The summed E-state index contributed by atoms with van der Waals surface area (Å²) >= 11 is 3.77. The zero-order valence-corrected chi connectivity index (χ0v) is 7.01. The minimum atomic E-state index is -2.28. The van der Waals surface area contributed by atoms with Gasteiger partial charge in [-0.2, -0.15) is 0 Å². The quantitative estimate of drug-likeness (QED) is 0.490. The molecule has 0 aromatic heterocycles. The van der Waals surface area contributed by atoms with Crippen LogP contribution in [0.15, 0.2) is 0 Å². The van der Waals surface area contributed by atoms with E-state index in [2.05, 4.69) is 11.7 Å². The molecule has 0 aromatic rings. The van der Waals surface area contributed by atoms with Crippen LogP contribution < -0.4 is 0 Å². The Balaban J connectivity index is 3.70. The van der Waals surface area contributed by atoms with Crippen LogP contribution in [0.25, 0.3) is 0 Å². The van der Waals surface area contributed by atoms with Crippen molar-refractivity contribution in [3.63, 3.8) is 0 Å². The highest BCUT2D eigenvalue weighted by atomic mass is 33.1. The molecule has 0 spiro atoms. The molecule has 0 aliphatic heterocycles. The Kier molecular flexibility index (Phi) is 4.89.